The fourth-order valence-electron chi connectivity index (χ4n) is 9.07. The summed E-state index contributed by atoms with van der Waals surface area (Å²) in [5, 5.41) is 7.77. The average Bonchev–Trinajstić information content (AvgIpc) is 3.88. The molecule has 9 aromatic rings. The Hall–Kier alpha value is -6.22. The average molecular weight is 681 g/mol. The van der Waals surface area contributed by atoms with Crippen LogP contribution in [0, 0.1) is 5.92 Å². The zero-order valence-electron chi connectivity index (χ0n) is 28.3. The number of benzene rings is 7. The summed E-state index contributed by atoms with van der Waals surface area (Å²) >= 11 is 1.93. The summed E-state index contributed by atoms with van der Waals surface area (Å²) in [5.74, 6) is 1.33. The van der Waals surface area contributed by atoms with E-state index in [0.717, 1.165) is 5.76 Å². The Morgan fingerprint density at radius 3 is 1.98 bits per heavy atom. The van der Waals surface area contributed by atoms with E-state index in [-0.39, 0.29) is 11.8 Å². The molecule has 52 heavy (non-hydrogen) atoms. The van der Waals surface area contributed by atoms with Gasteiger partial charge in [-0.25, -0.2) is 0 Å². The summed E-state index contributed by atoms with van der Waals surface area (Å²) < 4.78 is 8.69. The van der Waals surface area contributed by atoms with Crippen LogP contribution in [0.3, 0.4) is 0 Å². The Morgan fingerprint density at radius 1 is 0.519 bits per heavy atom. The molecule has 0 spiro atoms. The van der Waals surface area contributed by atoms with Gasteiger partial charge in [-0.1, -0.05) is 158 Å². The molecule has 2 atom stereocenters. The van der Waals surface area contributed by atoms with Gasteiger partial charge in [-0.2, -0.15) is 0 Å². The number of allylic oxidation sites excluding steroid dienone is 5. The van der Waals surface area contributed by atoms with Crippen molar-refractivity contribution < 1.29 is 4.42 Å². The van der Waals surface area contributed by atoms with Crippen LogP contribution in [0.25, 0.3) is 69.5 Å². The van der Waals surface area contributed by atoms with Crippen LogP contribution in [-0.4, -0.2) is 0 Å². The highest BCUT2D eigenvalue weighted by Gasteiger charge is 2.36. The van der Waals surface area contributed by atoms with E-state index in [4.69, 9.17) is 4.42 Å². The van der Waals surface area contributed by atoms with Crippen molar-refractivity contribution in [3.63, 3.8) is 0 Å². The van der Waals surface area contributed by atoms with Crippen molar-refractivity contribution in [1.82, 2.24) is 0 Å². The molecule has 2 aliphatic carbocycles. The maximum atomic E-state index is 6.03. The SMILES string of the molecule is C1=CC2=C(c3ccco3)c3ccccc3C(c3ccc4c(c3)sc3c(-c5c6ccccc6c(-c6ccccc6)c6ccccc56)cccc34)C2C=C1. The zero-order chi connectivity index (χ0) is 34.2. The minimum absolute atomic E-state index is 0.193. The summed E-state index contributed by atoms with van der Waals surface area (Å²) in [5.41, 5.74) is 11.6. The molecule has 7 aromatic carbocycles. The van der Waals surface area contributed by atoms with Crippen molar-refractivity contribution in [2.75, 3.05) is 0 Å². The molecule has 0 saturated carbocycles. The number of hydrogen-bond acceptors (Lipinski definition) is 2. The topological polar surface area (TPSA) is 13.1 Å². The number of fused-ring (bicyclic) bond motifs is 7. The smallest absolute Gasteiger partial charge is 0.134 e. The van der Waals surface area contributed by atoms with Gasteiger partial charge in [0.15, 0.2) is 0 Å². The first-order valence-electron chi connectivity index (χ1n) is 18.0. The highest BCUT2D eigenvalue weighted by molar-refractivity contribution is 7.26. The van der Waals surface area contributed by atoms with Crippen LogP contribution in [0.5, 0.6) is 0 Å². The predicted octanol–water partition coefficient (Wildman–Crippen LogP) is 14.0. The van der Waals surface area contributed by atoms with Gasteiger partial charge in [0.1, 0.15) is 5.76 Å². The Morgan fingerprint density at radius 2 is 1.21 bits per heavy atom. The van der Waals surface area contributed by atoms with Crippen LogP contribution >= 0.6 is 11.3 Å². The van der Waals surface area contributed by atoms with Crippen LogP contribution < -0.4 is 0 Å². The fraction of sp³-hybridized carbons (Fsp3) is 0.0400. The molecule has 2 heterocycles. The Balaban J connectivity index is 1.13. The van der Waals surface area contributed by atoms with Crippen LogP contribution in [-0.2, 0) is 0 Å². The summed E-state index contributed by atoms with van der Waals surface area (Å²) in [7, 11) is 0. The number of thiophene rings is 1. The summed E-state index contributed by atoms with van der Waals surface area (Å²) in [6, 6.07) is 55.9. The van der Waals surface area contributed by atoms with Gasteiger partial charge in [0.05, 0.1) is 6.26 Å². The van der Waals surface area contributed by atoms with Crippen molar-refractivity contribution in [2.45, 2.75) is 5.92 Å². The molecule has 0 amide bonds. The third-order valence-corrected chi connectivity index (χ3v) is 12.4. The predicted molar refractivity (Wildman–Crippen MR) is 220 cm³/mol. The molecule has 2 aromatic heterocycles. The molecule has 2 unspecified atom stereocenters. The maximum absolute atomic E-state index is 6.03. The third kappa shape index (κ3) is 4.35. The van der Waals surface area contributed by atoms with Gasteiger partial charge in [0.2, 0.25) is 0 Å². The lowest BCUT2D eigenvalue weighted by Gasteiger charge is -2.36. The Labute approximate surface area is 306 Å². The van der Waals surface area contributed by atoms with Gasteiger partial charge in [-0.05, 0) is 78.7 Å². The Bertz CT molecular complexity index is 2900. The zero-order valence-corrected chi connectivity index (χ0v) is 29.1. The van der Waals surface area contributed by atoms with Gasteiger partial charge in [-0.3, -0.25) is 0 Å². The highest BCUT2D eigenvalue weighted by atomic mass is 32.1. The van der Waals surface area contributed by atoms with E-state index < -0.39 is 0 Å². The lowest BCUT2D eigenvalue weighted by atomic mass is 9.67. The van der Waals surface area contributed by atoms with E-state index in [2.05, 4.69) is 170 Å². The highest BCUT2D eigenvalue weighted by Crippen LogP contribution is 2.52. The third-order valence-electron chi connectivity index (χ3n) is 11.2. The second kappa shape index (κ2) is 11.7. The van der Waals surface area contributed by atoms with E-state index in [1.807, 2.05) is 17.4 Å². The largest absolute Gasteiger partial charge is 0.464 e. The summed E-state index contributed by atoms with van der Waals surface area (Å²) in [6.45, 7) is 0. The standard InChI is InChI=1S/C50H32OS/c1-2-14-31(15-3-1)46-34-16-4-8-20-38(34)48(39-21-9-5-17-35(39)46)43-25-12-24-42-33-28-27-32(30-45(33)52-50(42)43)47-36-18-6-10-22-40(36)49(44-26-13-29-51-44)41-23-11-7-19-37(41)47/h1-30,36,47H. The van der Waals surface area contributed by atoms with Gasteiger partial charge in [0.25, 0.3) is 0 Å². The number of hydrogen-bond donors (Lipinski definition) is 0. The van der Waals surface area contributed by atoms with Gasteiger partial charge >= 0.3 is 0 Å². The molecule has 0 bridgehead atoms. The van der Waals surface area contributed by atoms with Crippen molar-refractivity contribution in [3.8, 4) is 22.3 Å². The molecular formula is C50H32OS. The van der Waals surface area contributed by atoms with Gasteiger partial charge < -0.3 is 4.42 Å². The first-order valence-corrected chi connectivity index (χ1v) is 18.8. The molecule has 11 rings (SSSR count). The van der Waals surface area contributed by atoms with Crippen LogP contribution in [0.1, 0.15) is 28.4 Å². The second-order valence-corrected chi connectivity index (χ2v) is 14.9. The molecule has 1 nitrogen and oxygen atoms in total. The van der Waals surface area contributed by atoms with Crippen molar-refractivity contribution in [2.24, 2.45) is 5.92 Å². The lowest BCUT2D eigenvalue weighted by molar-refractivity contribution is 0.549. The first-order chi connectivity index (χ1) is 25.8. The molecular weight excluding hydrogens is 649 g/mol. The minimum Gasteiger partial charge on any atom is -0.464 e. The molecule has 244 valence electrons. The minimum atomic E-state index is 0.193. The van der Waals surface area contributed by atoms with E-state index in [1.54, 1.807) is 6.26 Å². The summed E-state index contributed by atoms with van der Waals surface area (Å²) in [4.78, 5) is 0. The number of furan rings is 1. The molecule has 2 heteroatoms. The van der Waals surface area contributed by atoms with E-state index in [9.17, 15) is 0 Å². The fourth-order valence-corrected chi connectivity index (χ4v) is 10.3. The Kier molecular flexibility index (Phi) is 6.62. The van der Waals surface area contributed by atoms with Crippen molar-refractivity contribution in [1.29, 1.82) is 0 Å². The summed E-state index contributed by atoms with van der Waals surface area (Å²) in [6.07, 6.45) is 10.8. The number of rotatable bonds is 4. The van der Waals surface area contributed by atoms with Crippen LogP contribution in [0.15, 0.2) is 192 Å². The van der Waals surface area contributed by atoms with Crippen LogP contribution in [0.4, 0.5) is 0 Å². The molecule has 0 radical (unpaired) electrons. The van der Waals surface area contributed by atoms with E-state index in [1.165, 1.54) is 91.8 Å². The van der Waals surface area contributed by atoms with Crippen molar-refractivity contribution >= 4 is 58.6 Å². The molecule has 0 fully saturated rings. The monoisotopic (exact) mass is 680 g/mol. The van der Waals surface area contributed by atoms with Gasteiger partial charge in [0, 0.05) is 43.1 Å². The molecule has 0 aliphatic heterocycles. The first kappa shape index (κ1) is 29.5. The molecule has 0 N–H and O–H groups in total. The quantitative estimate of drug-likeness (QED) is 0.169. The van der Waals surface area contributed by atoms with E-state index >= 15 is 0 Å². The lowest BCUT2D eigenvalue weighted by Crippen LogP contribution is -2.22. The molecule has 0 saturated heterocycles. The molecule has 2 aliphatic rings. The normalized spacial score (nSPS) is 16.6. The second-order valence-electron chi connectivity index (χ2n) is 13.9. The van der Waals surface area contributed by atoms with E-state index in [0.29, 0.717) is 0 Å². The van der Waals surface area contributed by atoms with Gasteiger partial charge in [-0.15, -0.1) is 11.3 Å². The maximum Gasteiger partial charge on any atom is 0.134 e. The van der Waals surface area contributed by atoms with Crippen molar-refractivity contribution in [3.05, 3.63) is 210 Å². The van der Waals surface area contributed by atoms with Crippen LogP contribution in [0.2, 0.25) is 0 Å².